The van der Waals surface area contributed by atoms with E-state index < -0.39 is 0 Å². The fourth-order valence-electron chi connectivity index (χ4n) is 1.86. The van der Waals surface area contributed by atoms with Crippen molar-refractivity contribution in [1.82, 2.24) is 10.2 Å². The summed E-state index contributed by atoms with van der Waals surface area (Å²) in [6.45, 7) is 9.03. The molecule has 1 aliphatic rings. The first-order valence-electron chi connectivity index (χ1n) is 5.71. The molecule has 1 rings (SSSR count). The van der Waals surface area contributed by atoms with Gasteiger partial charge >= 0.3 is 0 Å². The molecule has 1 aliphatic heterocycles. The SMILES string of the molecule is COC(C)CN1CCCNC(C)CC1. The third kappa shape index (κ3) is 4.40. The Morgan fingerprint density at radius 3 is 3.00 bits per heavy atom. The molecule has 84 valence electrons. The van der Waals surface area contributed by atoms with E-state index in [1.54, 1.807) is 7.11 Å². The van der Waals surface area contributed by atoms with Gasteiger partial charge in [0.05, 0.1) is 6.10 Å². The van der Waals surface area contributed by atoms with E-state index in [2.05, 4.69) is 24.1 Å². The molecule has 0 radical (unpaired) electrons. The number of hydrogen-bond acceptors (Lipinski definition) is 3. The van der Waals surface area contributed by atoms with Crippen LogP contribution in [0.25, 0.3) is 0 Å². The summed E-state index contributed by atoms with van der Waals surface area (Å²) >= 11 is 0. The number of nitrogens with one attached hydrogen (secondary N) is 1. The predicted molar refractivity (Wildman–Crippen MR) is 59.6 cm³/mol. The van der Waals surface area contributed by atoms with E-state index in [1.165, 1.54) is 25.9 Å². The van der Waals surface area contributed by atoms with Crippen molar-refractivity contribution >= 4 is 0 Å². The maximum Gasteiger partial charge on any atom is 0.0670 e. The Hall–Kier alpha value is -0.120. The number of nitrogens with zero attached hydrogens (tertiary/aromatic N) is 1. The summed E-state index contributed by atoms with van der Waals surface area (Å²) in [7, 11) is 1.79. The van der Waals surface area contributed by atoms with Gasteiger partial charge in [-0.25, -0.2) is 0 Å². The molecule has 3 nitrogen and oxygen atoms in total. The zero-order chi connectivity index (χ0) is 10.4. The van der Waals surface area contributed by atoms with Crippen LogP contribution in [0.4, 0.5) is 0 Å². The van der Waals surface area contributed by atoms with E-state index in [9.17, 15) is 0 Å². The number of ether oxygens (including phenoxy) is 1. The molecule has 0 aromatic carbocycles. The standard InChI is InChI=1S/C11H24N2O/c1-10-5-8-13(7-4-6-12-10)9-11(2)14-3/h10-12H,4-9H2,1-3H3. The summed E-state index contributed by atoms with van der Waals surface area (Å²) in [6, 6.07) is 0.663. The number of rotatable bonds is 3. The first-order chi connectivity index (χ1) is 6.72. The summed E-state index contributed by atoms with van der Waals surface area (Å²) in [5, 5.41) is 3.51. The summed E-state index contributed by atoms with van der Waals surface area (Å²) in [5.41, 5.74) is 0. The molecule has 0 amide bonds. The molecule has 0 aliphatic carbocycles. The van der Waals surface area contributed by atoms with Crippen molar-refractivity contribution in [2.75, 3.05) is 33.3 Å². The van der Waals surface area contributed by atoms with Crippen LogP contribution < -0.4 is 5.32 Å². The number of methoxy groups -OCH3 is 1. The van der Waals surface area contributed by atoms with E-state index in [4.69, 9.17) is 4.74 Å². The molecule has 14 heavy (non-hydrogen) atoms. The van der Waals surface area contributed by atoms with Crippen LogP contribution in [0.5, 0.6) is 0 Å². The maximum atomic E-state index is 5.29. The van der Waals surface area contributed by atoms with Crippen LogP contribution in [0.2, 0.25) is 0 Å². The first kappa shape index (κ1) is 12.0. The van der Waals surface area contributed by atoms with E-state index in [0.29, 0.717) is 12.1 Å². The Kier molecular flexibility index (Phi) is 5.45. The molecule has 3 heteroatoms. The van der Waals surface area contributed by atoms with Crippen molar-refractivity contribution in [3.63, 3.8) is 0 Å². The van der Waals surface area contributed by atoms with Gasteiger partial charge in [0.1, 0.15) is 0 Å². The van der Waals surface area contributed by atoms with Gasteiger partial charge in [-0.2, -0.15) is 0 Å². The Morgan fingerprint density at radius 2 is 2.29 bits per heavy atom. The van der Waals surface area contributed by atoms with Crippen LogP contribution in [-0.2, 0) is 4.74 Å². The quantitative estimate of drug-likeness (QED) is 0.738. The minimum Gasteiger partial charge on any atom is -0.380 e. The van der Waals surface area contributed by atoms with Crippen LogP contribution in [0.1, 0.15) is 26.7 Å². The van der Waals surface area contributed by atoms with Gasteiger partial charge in [-0.15, -0.1) is 0 Å². The molecule has 0 spiro atoms. The van der Waals surface area contributed by atoms with Crippen molar-refractivity contribution in [3.8, 4) is 0 Å². The van der Waals surface area contributed by atoms with Gasteiger partial charge in [-0.3, -0.25) is 0 Å². The van der Waals surface area contributed by atoms with Gasteiger partial charge < -0.3 is 15.0 Å². The molecular formula is C11H24N2O. The second kappa shape index (κ2) is 6.38. The van der Waals surface area contributed by atoms with E-state index in [0.717, 1.165) is 13.1 Å². The third-order valence-electron chi connectivity index (χ3n) is 2.94. The van der Waals surface area contributed by atoms with Gasteiger partial charge in [-0.05, 0) is 46.3 Å². The second-order valence-electron chi connectivity index (χ2n) is 4.34. The van der Waals surface area contributed by atoms with Gasteiger partial charge in [0.2, 0.25) is 0 Å². The number of hydrogen-bond donors (Lipinski definition) is 1. The third-order valence-corrected chi connectivity index (χ3v) is 2.94. The predicted octanol–water partition coefficient (Wildman–Crippen LogP) is 1.10. The van der Waals surface area contributed by atoms with Crippen molar-refractivity contribution in [3.05, 3.63) is 0 Å². The molecule has 0 aromatic rings. The largest absolute Gasteiger partial charge is 0.380 e. The van der Waals surface area contributed by atoms with Crippen LogP contribution in [0.15, 0.2) is 0 Å². The van der Waals surface area contributed by atoms with Crippen molar-refractivity contribution in [2.24, 2.45) is 0 Å². The first-order valence-corrected chi connectivity index (χ1v) is 5.71. The lowest BCUT2D eigenvalue weighted by Crippen LogP contribution is -2.41. The van der Waals surface area contributed by atoms with E-state index in [-0.39, 0.29) is 0 Å². The van der Waals surface area contributed by atoms with Gasteiger partial charge in [-0.1, -0.05) is 0 Å². The highest BCUT2D eigenvalue weighted by molar-refractivity contribution is 4.71. The van der Waals surface area contributed by atoms with Crippen LogP contribution in [0.3, 0.4) is 0 Å². The average molecular weight is 200 g/mol. The lowest BCUT2D eigenvalue weighted by atomic mass is 10.1. The molecule has 2 unspecified atom stereocenters. The Bertz CT molecular complexity index is 152. The molecule has 0 saturated carbocycles. The van der Waals surface area contributed by atoms with Crippen molar-refractivity contribution in [1.29, 1.82) is 0 Å². The fourth-order valence-corrected chi connectivity index (χ4v) is 1.86. The minimum atomic E-state index is 0.359. The molecule has 1 fully saturated rings. The van der Waals surface area contributed by atoms with Gasteiger partial charge in [0.15, 0.2) is 0 Å². The van der Waals surface area contributed by atoms with E-state index in [1.807, 2.05) is 0 Å². The van der Waals surface area contributed by atoms with Crippen molar-refractivity contribution < 1.29 is 4.74 Å². The highest BCUT2D eigenvalue weighted by Gasteiger charge is 2.13. The fraction of sp³-hybridized carbons (Fsp3) is 1.00. The molecule has 1 N–H and O–H groups in total. The van der Waals surface area contributed by atoms with E-state index >= 15 is 0 Å². The Morgan fingerprint density at radius 1 is 1.50 bits per heavy atom. The van der Waals surface area contributed by atoms with Crippen molar-refractivity contribution in [2.45, 2.75) is 38.8 Å². The van der Waals surface area contributed by atoms with Gasteiger partial charge in [0.25, 0.3) is 0 Å². The molecule has 0 aromatic heterocycles. The zero-order valence-corrected chi connectivity index (χ0v) is 9.75. The Balaban J connectivity index is 2.28. The summed E-state index contributed by atoms with van der Waals surface area (Å²) in [5.74, 6) is 0. The molecule has 1 heterocycles. The minimum absolute atomic E-state index is 0.359. The normalized spacial score (nSPS) is 28.1. The average Bonchev–Trinajstić information content (AvgIpc) is 2.16. The maximum absolute atomic E-state index is 5.29. The molecule has 1 saturated heterocycles. The van der Waals surface area contributed by atoms with Gasteiger partial charge in [0, 0.05) is 19.7 Å². The van der Waals surface area contributed by atoms with Crippen LogP contribution in [-0.4, -0.2) is 50.3 Å². The molecule has 2 atom stereocenters. The summed E-state index contributed by atoms with van der Waals surface area (Å²) in [6.07, 6.45) is 2.86. The highest BCUT2D eigenvalue weighted by Crippen LogP contribution is 2.04. The lowest BCUT2D eigenvalue weighted by Gasteiger charge is -2.29. The Labute approximate surface area is 87.8 Å². The molecular weight excluding hydrogens is 176 g/mol. The van der Waals surface area contributed by atoms with Crippen LogP contribution >= 0.6 is 0 Å². The highest BCUT2D eigenvalue weighted by atomic mass is 16.5. The molecule has 0 bridgehead atoms. The van der Waals surface area contributed by atoms with Crippen LogP contribution in [0, 0.1) is 0 Å². The topological polar surface area (TPSA) is 24.5 Å². The smallest absolute Gasteiger partial charge is 0.0670 e. The zero-order valence-electron chi connectivity index (χ0n) is 9.75. The summed E-state index contributed by atoms with van der Waals surface area (Å²) < 4.78 is 5.29. The monoisotopic (exact) mass is 200 g/mol. The summed E-state index contributed by atoms with van der Waals surface area (Å²) in [4.78, 5) is 2.52. The lowest BCUT2D eigenvalue weighted by molar-refractivity contribution is 0.0731. The second-order valence-corrected chi connectivity index (χ2v) is 4.34.